The van der Waals surface area contributed by atoms with Crippen LogP contribution in [0.25, 0.3) is 27.9 Å². The van der Waals surface area contributed by atoms with E-state index in [0.29, 0.717) is 0 Å². The van der Waals surface area contributed by atoms with E-state index >= 15 is 0 Å². The van der Waals surface area contributed by atoms with Crippen LogP contribution in [0.5, 0.6) is 5.75 Å². The Hall–Kier alpha value is -4.12. The number of rotatable bonds is 4. The topological polar surface area (TPSA) is 62.5 Å². The van der Waals surface area contributed by atoms with Crippen molar-refractivity contribution in [3.8, 4) is 28.0 Å². The van der Waals surface area contributed by atoms with Gasteiger partial charge < -0.3 is 10.4 Å². The Balaban J connectivity index is 1.54. The Labute approximate surface area is 167 Å². The largest absolute Gasteiger partial charge is 0.508 e. The summed E-state index contributed by atoms with van der Waals surface area (Å²) in [6, 6.07) is 27.3. The number of hydrogen-bond donors (Lipinski definition) is 2. The van der Waals surface area contributed by atoms with Crippen molar-refractivity contribution in [3.05, 3.63) is 97.3 Å². The predicted molar refractivity (Wildman–Crippen MR) is 115 cm³/mol. The fourth-order valence-corrected chi connectivity index (χ4v) is 3.33. The van der Waals surface area contributed by atoms with Crippen molar-refractivity contribution in [1.29, 1.82) is 0 Å². The first-order chi connectivity index (χ1) is 14.3. The monoisotopic (exact) mass is 378 g/mol. The van der Waals surface area contributed by atoms with Gasteiger partial charge in [0.15, 0.2) is 5.65 Å². The lowest BCUT2D eigenvalue weighted by molar-refractivity contribution is 0.475. The first kappa shape index (κ1) is 17.0. The minimum Gasteiger partial charge on any atom is -0.508 e. The fourth-order valence-electron chi connectivity index (χ4n) is 3.33. The van der Waals surface area contributed by atoms with Gasteiger partial charge in [-0.3, -0.25) is 0 Å². The second-order valence-corrected chi connectivity index (χ2v) is 6.76. The van der Waals surface area contributed by atoms with Crippen LogP contribution < -0.4 is 5.32 Å². The SMILES string of the molecule is Oc1ccc(-c2cccc(-c3cnn4ccc(Nc5ccccc5)nc34)c2)cc1. The molecule has 0 amide bonds. The number of nitrogens with one attached hydrogen (secondary N) is 1. The summed E-state index contributed by atoms with van der Waals surface area (Å²) >= 11 is 0. The average Bonchev–Trinajstić information content (AvgIpc) is 3.18. The molecule has 0 aliphatic rings. The number of aromatic nitrogens is 3. The molecule has 0 spiro atoms. The smallest absolute Gasteiger partial charge is 0.165 e. The molecule has 2 aromatic heterocycles. The summed E-state index contributed by atoms with van der Waals surface area (Å²) in [5.41, 5.74) is 5.88. The van der Waals surface area contributed by atoms with E-state index in [1.165, 1.54) is 0 Å². The molecule has 0 saturated heterocycles. The standard InChI is InChI=1S/C24H18N4O/c29-21-11-9-17(10-12-21)18-5-4-6-19(15-18)22-16-25-28-14-13-23(27-24(22)28)26-20-7-2-1-3-8-20/h1-16,29H,(H,26,27). The molecule has 0 radical (unpaired) electrons. The highest BCUT2D eigenvalue weighted by atomic mass is 16.3. The van der Waals surface area contributed by atoms with E-state index in [0.717, 1.165) is 39.4 Å². The molecule has 29 heavy (non-hydrogen) atoms. The van der Waals surface area contributed by atoms with Gasteiger partial charge in [0.25, 0.3) is 0 Å². The highest BCUT2D eigenvalue weighted by Gasteiger charge is 2.10. The van der Waals surface area contributed by atoms with Gasteiger partial charge in [0, 0.05) is 17.4 Å². The molecule has 0 atom stereocenters. The van der Waals surface area contributed by atoms with Crippen LogP contribution in [0.4, 0.5) is 11.5 Å². The second-order valence-electron chi connectivity index (χ2n) is 6.76. The minimum atomic E-state index is 0.259. The zero-order valence-electron chi connectivity index (χ0n) is 15.5. The van der Waals surface area contributed by atoms with Gasteiger partial charge in [0.2, 0.25) is 0 Å². The Morgan fingerprint density at radius 3 is 2.38 bits per heavy atom. The zero-order chi connectivity index (χ0) is 19.6. The molecule has 140 valence electrons. The van der Waals surface area contributed by atoms with Crippen molar-refractivity contribution < 1.29 is 5.11 Å². The Kier molecular flexibility index (Phi) is 4.18. The van der Waals surface area contributed by atoms with Gasteiger partial charge >= 0.3 is 0 Å². The fraction of sp³-hybridized carbons (Fsp3) is 0. The van der Waals surface area contributed by atoms with Crippen molar-refractivity contribution in [2.45, 2.75) is 0 Å². The van der Waals surface area contributed by atoms with Crippen LogP contribution in [-0.2, 0) is 0 Å². The predicted octanol–water partition coefficient (Wildman–Crippen LogP) is 5.51. The molecule has 0 aliphatic carbocycles. The maximum atomic E-state index is 9.53. The molecule has 3 aromatic carbocycles. The molecule has 5 nitrogen and oxygen atoms in total. The van der Waals surface area contributed by atoms with E-state index in [4.69, 9.17) is 4.98 Å². The second kappa shape index (κ2) is 7.13. The molecule has 0 bridgehead atoms. The lowest BCUT2D eigenvalue weighted by Gasteiger charge is -2.07. The highest BCUT2D eigenvalue weighted by molar-refractivity contribution is 5.81. The maximum Gasteiger partial charge on any atom is 0.165 e. The van der Waals surface area contributed by atoms with Gasteiger partial charge in [-0.25, -0.2) is 9.50 Å². The summed E-state index contributed by atoms with van der Waals surface area (Å²) in [7, 11) is 0. The average molecular weight is 378 g/mol. The van der Waals surface area contributed by atoms with Crippen LogP contribution >= 0.6 is 0 Å². The number of aromatic hydroxyl groups is 1. The Morgan fingerprint density at radius 1 is 0.759 bits per heavy atom. The number of benzene rings is 3. The molecule has 0 saturated carbocycles. The number of phenolic OH excluding ortho intramolecular Hbond substituents is 1. The molecule has 5 rings (SSSR count). The third-order valence-corrected chi connectivity index (χ3v) is 4.79. The molecule has 2 N–H and O–H groups in total. The van der Waals surface area contributed by atoms with Gasteiger partial charge in [0.1, 0.15) is 11.6 Å². The quantitative estimate of drug-likeness (QED) is 0.433. The zero-order valence-corrected chi connectivity index (χ0v) is 15.5. The molecule has 0 fully saturated rings. The molecule has 0 aliphatic heterocycles. The molecule has 2 heterocycles. The molecule has 5 heteroatoms. The van der Waals surface area contributed by atoms with Gasteiger partial charge in [-0.1, -0.05) is 48.5 Å². The lowest BCUT2D eigenvalue weighted by atomic mass is 10.0. The number of nitrogens with zero attached hydrogens (tertiary/aromatic N) is 3. The number of anilines is 2. The molecular weight excluding hydrogens is 360 g/mol. The van der Waals surface area contributed by atoms with Crippen LogP contribution in [0.3, 0.4) is 0 Å². The van der Waals surface area contributed by atoms with E-state index < -0.39 is 0 Å². The Morgan fingerprint density at radius 2 is 1.55 bits per heavy atom. The third kappa shape index (κ3) is 3.41. The number of para-hydroxylation sites is 1. The van der Waals surface area contributed by atoms with Gasteiger partial charge in [0.05, 0.1) is 6.20 Å². The summed E-state index contributed by atoms with van der Waals surface area (Å²) in [6.07, 6.45) is 3.74. The number of phenols is 1. The van der Waals surface area contributed by atoms with Crippen molar-refractivity contribution >= 4 is 17.2 Å². The van der Waals surface area contributed by atoms with E-state index in [2.05, 4.69) is 28.6 Å². The summed E-state index contributed by atoms with van der Waals surface area (Å²) in [5, 5.41) is 17.3. The van der Waals surface area contributed by atoms with E-state index in [1.54, 1.807) is 16.6 Å². The summed E-state index contributed by atoms with van der Waals surface area (Å²) in [4.78, 5) is 4.78. The van der Waals surface area contributed by atoms with Gasteiger partial charge in [-0.2, -0.15) is 5.10 Å². The maximum absolute atomic E-state index is 9.53. The van der Waals surface area contributed by atoms with E-state index in [1.807, 2.05) is 67.0 Å². The molecule has 5 aromatic rings. The van der Waals surface area contributed by atoms with Gasteiger partial charge in [-0.05, 0) is 53.1 Å². The Bertz CT molecular complexity index is 1280. The van der Waals surface area contributed by atoms with Crippen LogP contribution in [-0.4, -0.2) is 19.7 Å². The summed E-state index contributed by atoms with van der Waals surface area (Å²) < 4.78 is 1.78. The highest BCUT2D eigenvalue weighted by Crippen LogP contribution is 2.29. The van der Waals surface area contributed by atoms with Crippen LogP contribution in [0.1, 0.15) is 0 Å². The van der Waals surface area contributed by atoms with E-state index in [-0.39, 0.29) is 5.75 Å². The first-order valence-electron chi connectivity index (χ1n) is 9.32. The molecular formula is C24H18N4O. The summed E-state index contributed by atoms with van der Waals surface area (Å²) in [6.45, 7) is 0. The minimum absolute atomic E-state index is 0.259. The third-order valence-electron chi connectivity index (χ3n) is 4.79. The van der Waals surface area contributed by atoms with Crippen LogP contribution in [0, 0.1) is 0 Å². The normalized spacial score (nSPS) is 10.9. The van der Waals surface area contributed by atoms with Gasteiger partial charge in [-0.15, -0.1) is 0 Å². The summed E-state index contributed by atoms with van der Waals surface area (Å²) in [5.74, 6) is 1.02. The van der Waals surface area contributed by atoms with E-state index in [9.17, 15) is 5.11 Å². The number of fused-ring (bicyclic) bond motifs is 1. The van der Waals surface area contributed by atoms with Crippen molar-refractivity contribution in [2.75, 3.05) is 5.32 Å². The van der Waals surface area contributed by atoms with Crippen LogP contribution in [0.2, 0.25) is 0 Å². The molecule has 0 unspecified atom stereocenters. The van der Waals surface area contributed by atoms with Crippen molar-refractivity contribution in [3.63, 3.8) is 0 Å². The number of hydrogen-bond acceptors (Lipinski definition) is 4. The van der Waals surface area contributed by atoms with Crippen molar-refractivity contribution in [2.24, 2.45) is 0 Å². The first-order valence-corrected chi connectivity index (χ1v) is 9.32. The van der Waals surface area contributed by atoms with Crippen molar-refractivity contribution in [1.82, 2.24) is 14.6 Å². The van der Waals surface area contributed by atoms with Crippen LogP contribution in [0.15, 0.2) is 97.3 Å². The lowest BCUT2D eigenvalue weighted by Crippen LogP contribution is -1.97.